The number of aromatic nitrogens is 4. The molecule has 0 radical (unpaired) electrons. The largest absolute Gasteiger partial charge is 0.515 e. The summed E-state index contributed by atoms with van der Waals surface area (Å²) >= 11 is 6.02. The molecule has 0 bridgehead atoms. The summed E-state index contributed by atoms with van der Waals surface area (Å²) in [6, 6.07) is 11.2. The molecular weight excluding hydrogens is 597 g/mol. The summed E-state index contributed by atoms with van der Waals surface area (Å²) in [4.78, 5) is 34.6. The average Bonchev–Trinajstić information content (AvgIpc) is 3.37. The Morgan fingerprint density at radius 3 is 2.69 bits per heavy atom. The Labute approximate surface area is 243 Å². The number of hydrogen-bond donors (Lipinski definition) is 2. The fourth-order valence-electron chi connectivity index (χ4n) is 3.55. The molecule has 15 nitrogen and oxygen atoms in total. The van der Waals surface area contributed by atoms with E-state index in [0.29, 0.717) is 22.1 Å². The van der Waals surface area contributed by atoms with E-state index >= 15 is 0 Å². The molecule has 2 heterocycles. The van der Waals surface area contributed by atoms with Gasteiger partial charge in [0.25, 0.3) is 5.56 Å². The van der Waals surface area contributed by atoms with E-state index in [1.807, 2.05) is 0 Å². The van der Waals surface area contributed by atoms with E-state index in [1.54, 1.807) is 34.9 Å². The molecular formula is C25H27ClN5O10P. The van der Waals surface area contributed by atoms with Gasteiger partial charge in [-0.15, -0.1) is 0 Å². The highest BCUT2D eigenvalue weighted by Gasteiger charge is 2.27. The highest BCUT2D eigenvalue weighted by atomic mass is 35.5. The zero-order valence-electron chi connectivity index (χ0n) is 22.5. The van der Waals surface area contributed by atoms with E-state index in [1.165, 1.54) is 32.7 Å². The number of imidazole rings is 1. The summed E-state index contributed by atoms with van der Waals surface area (Å²) in [5.74, 6) is 0.832. The Balaban J connectivity index is 1.34. The molecule has 3 N–H and O–H groups in total. The van der Waals surface area contributed by atoms with E-state index in [0.717, 1.165) is 0 Å². The molecule has 2 aromatic carbocycles. The van der Waals surface area contributed by atoms with Crippen molar-refractivity contribution in [3.8, 4) is 17.2 Å². The van der Waals surface area contributed by atoms with Gasteiger partial charge in [-0.2, -0.15) is 4.98 Å². The second-order valence-electron chi connectivity index (χ2n) is 8.37. The van der Waals surface area contributed by atoms with Crippen LogP contribution in [0.5, 0.6) is 17.2 Å². The Kier molecular flexibility index (Phi) is 10.4. The predicted molar refractivity (Wildman–Crippen MR) is 150 cm³/mol. The molecule has 224 valence electrons. The molecule has 42 heavy (non-hydrogen) atoms. The van der Waals surface area contributed by atoms with Crippen molar-refractivity contribution in [2.24, 2.45) is 0 Å². The monoisotopic (exact) mass is 623 g/mol. The Hall–Kier alpha value is -4.14. The average molecular weight is 624 g/mol. The number of nitrogen functional groups attached to an aromatic ring is 1. The summed E-state index contributed by atoms with van der Waals surface area (Å²) in [5, 5.41) is 0.463. The van der Waals surface area contributed by atoms with Crippen molar-refractivity contribution in [3.63, 3.8) is 0 Å². The zero-order valence-corrected chi connectivity index (χ0v) is 24.1. The van der Waals surface area contributed by atoms with Gasteiger partial charge < -0.3 is 38.5 Å². The fraction of sp³-hybridized carbons (Fsp3) is 0.280. The zero-order chi connectivity index (χ0) is 30.1. The summed E-state index contributed by atoms with van der Waals surface area (Å²) in [5.41, 5.74) is 6.14. The van der Waals surface area contributed by atoms with Crippen molar-refractivity contribution in [1.82, 2.24) is 19.5 Å². The number of aromatic amines is 1. The van der Waals surface area contributed by atoms with Crippen LogP contribution in [0.15, 0.2) is 53.6 Å². The lowest BCUT2D eigenvalue weighted by molar-refractivity contribution is 0.0153. The van der Waals surface area contributed by atoms with Crippen molar-refractivity contribution in [2.45, 2.75) is 13.2 Å². The van der Waals surface area contributed by atoms with Crippen molar-refractivity contribution in [1.29, 1.82) is 0 Å². The summed E-state index contributed by atoms with van der Waals surface area (Å²) in [6.45, 7) is -0.694. The number of carbonyl (C=O) groups excluding carboxylic acids is 1. The van der Waals surface area contributed by atoms with Crippen LogP contribution in [-0.2, 0) is 36.2 Å². The minimum atomic E-state index is -3.98. The van der Waals surface area contributed by atoms with Crippen LogP contribution in [0.25, 0.3) is 11.2 Å². The van der Waals surface area contributed by atoms with E-state index in [-0.39, 0.29) is 42.6 Å². The van der Waals surface area contributed by atoms with Gasteiger partial charge in [-0.3, -0.25) is 18.9 Å². The van der Waals surface area contributed by atoms with E-state index in [2.05, 4.69) is 15.0 Å². The molecule has 0 aliphatic carbocycles. The standard InChI is InChI=1S/C25H27ClN5O10P/c1-35-19-7-6-18(11-20(19)36-2)41-25(33)38-14-40-42(34,39-12-16-4-3-5-17(26)10-16)15-37-9-8-31-13-28-21-22(31)29-24(27)30-23(21)32/h3-7,10-11,13H,8-9,12,14-15H2,1-2H3,(H3,27,29,30,32). The maximum absolute atomic E-state index is 13.5. The predicted octanol–water partition coefficient (Wildman–Crippen LogP) is 3.95. The lowest BCUT2D eigenvalue weighted by atomic mass is 10.2. The number of anilines is 1. The van der Waals surface area contributed by atoms with Crippen LogP contribution >= 0.6 is 19.2 Å². The number of ether oxygens (including phenoxy) is 5. The smallest absolute Gasteiger partial charge is 0.493 e. The van der Waals surface area contributed by atoms with Gasteiger partial charge in [0.05, 0.1) is 33.8 Å². The first-order chi connectivity index (χ1) is 20.2. The number of nitrogens with two attached hydrogens (primary N) is 1. The number of carbonyl (C=O) groups is 1. The third-order valence-electron chi connectivity index (χ3n) is 5.52. The molecule has 0 saturated carbocycles. The number of methoxy groups -OCH3 is 2. The maximum atomic E-state index is 13.5. The van der Waals surface area contributed by atoms with Gasteiger partial charge in [-0.05, 0) is 29.8 Å². The SMILES string of the molecule is COc1ccc(OC(=O)OCOP(=O)(COCCn2cnc3c(=O)[nH]c(N)nc32)OCc2cccc(Cl)c2)cc1OC. The molecule has 0 fully saturated rings. The Morgan fingerprint density at radius 2 is 1.93 bits per heavy atom. The summed E-state index contributed by atoms with van der Waals surface area (Å²) < 4.78 is 51.8. The first-order valence-electron chi connectivity index (χ1n) is 12.2. The minimum absolute atomic E-state index is 0.00984. The second kappa shape index (κ2) is 14.2. The van der Waals surface area contributed by atoms with Crippen molar-refractivity contribution in [2.75, 3.05) is 39.7 Å². The van der Waals surface area contributed by atoms with Gasteiger partial charge in [0.15, 0.2) is 22.7 Å². The molecule has 0 saturated heterocycles. The van der Waals surface area contributed by atoms with Crippen LogP contribution in [0.1, 0.15) is 5.56 Å². The number of hydrogen-bond acceptors (Lipinski definition) is 13. The van der Waals surface area contributed by atoms with Crippen LogP contribution in [0.2, 0.25) is 5.02 Å². The van der Waals surface area contributed by atoms with Gasteiger partial charge in [-0.1, -0.05) is 23.7 Å². The lowest BCUT2D eigenvalue weighted by Gasteiger charge is -2.19. The molecule has 2 aromatic heterocycles. The minimum Gasteiger partial charge on any atom is -0.493 e. The second-order valence-corrected chi connectivity index (χ2v) is 10.8. The van der Waals surface area contributed by atoms with Crippen molar-refractivity contribution >= 4 is 42.5 Å². The van der Waals surface area contributed by atoms with Crippen LogP contribution < -0.4 is 25.5 Å². The molecule has 1 unspecified atom stereocenters. The van der Waals surface area contributed by atoms with Crippen molar-refractivity contribution < 1.29 is 42.1 Å². The van der Waals surface area contributed by atoms with Gasteiger partial charge in [0, 0.05) is 17.6 Å². The summed E-state index contributed by atoms with van der Waals surface area (Å²) in [6.07, 6.45) is -0.220. The van der Waals surface area contributed by atoms with Crippen LogP contribution in [0.3, 0.4) is 0 Å². The van der Waals surface area contributed by atoms with Crippen LogP contribution in [-0.4, -0.2) is 59.6 Å². The van der Waals surface area contributed by atoms with Gasteiger partial charge >= 0.3 is 13.8 Å². The lowest BCUT2D eigenvalue weighted by Crippen LogP contribution is -2.15. The molecule has 4 rings (SSSR count). The molecule has 0 amide bonds. The van der Waals surface area contributed by atoms with Crippen molar-refractivity contribution in [3.05, 3.63) is 69.7 Å². The molecule has 1 atom stereocenters. The highest BCUT2D eigenvalue weighted by molar-refractivity contribution is 7.53. The number of H-pyrrole nitrogens is 1. The number of nitrogens with one attached hydrogen (secondary N) is 1. The van der Waals surface area contributed by atoms with Crippen LogP contribution in [0, 0.1) is 0 Å². The Bertz CT molecular complexity index is 1650. The normalized spacial score (nSPS) is 12.5. The Morgan fingerprint density at radius 1 is 1.12 bits per heavy atom. The maximum Gasteiger partial charge on any atom is 0.515 e. The first kappa shape index (κ1) is 30.8. The topological polar surface area (TPSA) is 188 Å². The number of fused-ring (bicyclic) bond motifs is 1. The number of rotatable bonds is 14. The summed E-state index contributed by atoms with van der Waals surface area (Å²) in [7, 11) is -1.08. The quantitative estimate of drug-likeness (QED) is 0.0676. The van der Waals surface area contributed by atoms with E-state index in [4.69, 9.17) is 50.1 Å². The molecule has 0 aliphatic heterocycles. The highest BCUT2D eigenvalue weighted by Crippen LogP contribution is 2.49. The molecule has 0 spiro atoms. The van der Waals surface area contributed by atoms with Crippen LogP contribution in [0.4, 0.5) is 10.7 Å². The fourth-order valence-corrected chi connectivity index (χ4v) is 4.89. The molecule has 0 aliphatic rings. The van der Waals surface area contributed by atoms with Gasteiger partial charge in [0.2, 0.25) is 12.7 Å². The van der Waals surface area contributed by atoms with E-state index < -0.39 is 32.5 Å². The third-order valence-corrected chi connectivity index (χ3v) is 7.27. The van der Waals surface area contributed by atoms with Gasteiger partial charge in [-0.25, -0.2) is 9.78 Å². The first-order valence-corrected chi connectivity index (χ1v) is 14.3. The van der Waals surface area contributed by atoms with Gasteiger partial charge in [0.1, 0.15) is 12.1 Å². The number of halogens is 1. The molecule has 17 heteroatoms. The number of benzene rings is 2. The van der Waals surface area contributed by atoms with E-state index in [9.17, 15) is 14.2 Å². The molecule has 4 aromatic rings. The number of nitrogens with zero attached hydrogens (tertiary/aromatic N) is 3. The third kappa shape index (κ3) is 8.21.